The average Bonchev–Trinajstić information content (AvgIpc) is 2.29. The van der Waals surface area contributed by atoms with Gasteiger partial charge in [-0.2, -0.15) is 5.26 Å². The van der Waals surface area contributed by atoms with E-state index in [1.807, 2.05) is 0 Å². The number of aliphatic hydroxyl groups excluding tert-OH is 1. The predicted molar refractivity (Wildman–Crippen MR) is 54.7 cm³/mol. The minimum absolute atomic E-state index is 0.0606. The number of aromatic hydroxyl groups is 1. The lowest BCUT2D eigenvalue weighted by Gasteiger charge is -2.07. The molecule has 0 unspecified atom stereocenters. The lowest BCUT2D eigenvalue weighted by atomic mass is 10.1. The van der Waals surface area contributed by atoms with Crippen molar-refractivity contribution in [2.75, 3.05) is 6.61 Å². The molecule has 16 heavy (non-hydrogen) atoms. The molecule has 1 aromatic carbocycles. The first kappa shape index (κ1) is 12.0. The van der Waals surface area contributed by atoms with Crippen LogP contribution in [0.15, 0.2) is 12.1 Å². The summed E-state index contributed by atoms with van der Waals surface area (Å²) in [4.78, 5) is 11.4. The number of nitrogens with zero attached hydrogens (tertiary/aromatic N) is 1. The Morgan fingerprint density at radius 1 is 1.56 bits per heavy atom. The second kappa shape index (κ2) is 5.14. The number of aliphatic hydroxyl groups is 1. The van der Waals surface area contributed by atoms with Crippen LogP contribution in [-0.2, 0) is 11.3 Å². The van der Waals surface area contributed by atoms with Gasteiger partial charge in [0.2, 0.25) is 0 Å². The third kappa shape index (κ3) is 2.30. The molecule has 0 saturated carbocycles. The van der Waals surface area contributed by atoms with E-state index in [4.69, 9.17) is 15.1 Å². The largest absolute Gasteiger partial charge is 0.506 e. The normalized spacial score (nSPS) is 9.56. The van der Waals surface area contributed by atoms with E-state index in [1.165, 1.54) is 12.1 Å². The van der Waals surface area contributed by atoms with E-state index in [2.05, 4.69) is 0 Å². The Bertz CT molecular complexity index is 448. The molecule has 1 rings (SSSR count). The molecule has 0 radical (unpaired) electrons. The van der Waals surface area contributed by atoms with Gasteiger partial charge in [0.15, 0.2) is 0 Å². The number of nitriles is 1. The fourth-order valence-electron chi connectivity index (χ4n) is 1.23. The molecule has 5 heteroatoms. The Morgan fingerprint density at radius 3 is 2.75 bits per heavy atom. The van der Waals surface area contributed by atoms with E-state index in [-0.39, 0.29) is 29.0 Å². The summed E-state index contributed by atoms with van der Waals surface area (Å²) in [6, 6.07) is 4.27. The van der Waals surface area contributed by atoms with E-state index in [9.17, 15) is 9.90 Å². The lowest BCUT2D eigenvalue weighted by Crippen LogP contribution is -2.06. The van der Waals surface area contributed by atoms with E-state index < -0.39 is 12.6 Å². The summed E-state index contributed by atoms with van der Waals surface area (Å²) in [7, 11) is 0. The summed E-state index contributed by atoms with van der Waals surface area (Å²) in [6.07, 6.45) is 0. The molecule has 0 heterocycles. The highest BCUT2D eigenvalue weighted by Gasteiger charge is 2.14. The molecule has 0 aromatic heterocycles. The minimum Gasteiger partial charge on any atom is -0.506 e. The fourth-order valence-corrected chi connectivity index (χ4v) is 1.23. The van der Waals surface area contributed by atoms with Crippen molar-refractivity contribution in [1.29, 1.82) is 5.26 Å². The Hall–Kier alpha value is -2.06. The smallest absolute Gasteiger partial charge is 0.338 e. The van der Waals surface area contributed by atoms with Gasteiger partial charge in [-0.05, 0) is 19.1 Å². The first-order chi connectivity index (χ1) is 7.63. The number of hydrogen-bond acceptors (Lipinski definition) is 5. The van der Waals surface area contributed by atoms with Crippen LogP contribution in [0.3, 0.4) is 0 Å². The molecule has 0 bridgehead atoms. The number of benzene rings is 1. The summed E-state index contributed by atoms with van der Waals surface area (Å²) in [5, 5.41) is 27.2. The van der Waals surface area contributed by atoms with Crippen LogP contribution in [0.2, 0.25) is 0 Å². The van der Waals surface area contributed by atoms with Gasteiger partial charge in [0, 0.05) is 5.56 Å². The molecule has 0 atom stereocenters. The van der Waals surface area contributed by atoms with Crippen LogP contribution in [0.1, 0.15) is 28.4 Å². The van der Waals surface area contributed by atoms with Gasteiger partial charge >= 0.3 is 5.97 Å². The van der Waals surface area contributed by atoms with Gasteiger partial charge in [-0.1, -0.05) is 0 Å². The van der Waals surface area contributed by atoms with Gasteiger partial charge in [-0.25, -0.2) is 4.79 Å². The average molecular weight is 221 g/mol. The van der Waals surface area contributed by atoms with Crippen molar-refractivity contribution in [2.45, 2.75) is 13.5 Å². The topological polar surface area (TPSA) is 90.6 Å². The highest BCUT2D eigenvalue weighted by Crippen LogP contribution is 2.24. The van der Waals surface area contributed by atoms with Crippen LogP contribution in [0.4, 0.5) is 0 Å². The van der Waals surface area contributed by atoms with Crippen LogP contribution >= 0.6 is 0 Å². The molecule has 0 saturated heterocycles. The zero-order valence-corrected chi connectivity index (χ0v) is 8.73. The molecule has 0 spiro atoms. The zero-order chi connectivity index (χ0) is 12.1. The molecule has 84 valence electrons. The second-order valence-corrected chi connectivity index (χ2v) is 3.02. The number of ether oxygens (including phenoxy) is 1. The van der Waals surface area contributed by atoms with Crippen molar-refractivity contribution in [2.24, 2.45) is 0 Å². The van der Waals surface area contributed by atoms with Crippen LogP contribution in [-0.4, -0.2) is 22.8 Å². The monoisotopic (exact) mass is 221 g/mol. The van der Waals surface area contributed by atoms with Gasteiger partial charge < -0.3 is 14.9 Å². The third-order valence-corrected chi connectivity index (χ3v) is 1.99. The molecule has 0 aliphatic rings. The number of carbonyl (C=O) groups is 1. The molecule has 0 fully saturated rings. The van der Waals surface area contributed by atoms with Crippen LogP contribution in [0.5, 0.6) is 5.75 Å². The van der Waals surface area contributed by atoms with Gasteiger partial charge in [0.1, 0.15) is 11.8 Å². The number of rotatable bonds is 3. The molecule has 0 aliphatic carbocycles. The highest BCUT2D eigenvalue weighted by atomic mass is 16.5. The quantitative estimate of drug-likeness (QED) is 0.741. The fraction of sp³-hybridized carbons (Fsp3) is 0.273. The molecular formula is C11H11NO4. The second-order valence-electron chi connectivity index (χ2n) is 3.02. The summed E-state index contributed by atoms with van der Waals surface area (Å²) in [5.41, 5.74) is 0.206. The summed E-state index contributed by atoms with van der Waals surface area (Å²) in [6.45, 7) is 1.43. The summed E-state index contributed by atoms with van der Waals surface area (Å²) < 4.78 is 4.76. The Morgan fingerprint density at radius 2 is 2.25 bits per heavy atom. The lowest BCUT2D eigenvalue weighted by molar-refractivity contribution is 0.0526. The predicted octanol–water partition coefficient (Wildman–Crippen LogP) is 0.933. The van der Waals surface area contributed by atoms with Crippen LogP contribution in [0, 0.1) is 11.3 Å². The van der Waals surface area contributed by atoms with Crippen molar-refractivity contribution in [1.82, 2.24) is 0 Å². The maximum absolute atomic E-state index is 11.4. The standard InChI is InChI=1S/C11H11NO4/c1-2-16-11(15)7-3-8(5-12)10(14)9(4-7)6-13/h3-4,13-14H,2,6H2,1H3. The maximum Gasteiger partial charge on any atom is 0.338 e. The SMILES string of the molecule is CCOC(=O)c1cc(C#N)c(O)c(CO)c1. The van der Waals surface area contributed by atoms with E-state index in [0.717, 1.165) is 0 Å². The Balaban J connectivity index is 3.23. The van der Waals surface area contributed by atoms with Gasteiger partial charge in [0.25, 0.3) is 0 Å². The zero-order valence-electron chi connectivity index (χ0n) is 8.73. The van der Waals surface area contributed by atoms with Gasteiger partial charge in [-0.3, -0.25) is 0 Å². The number of phenols is 1. The van der Waals surface area contributed by atoms with E-state index >= 15 is 0 Å². The van der Waals surface area contributed by atoms with E-state index in [1.54, 1.807) is 13.0 Å². The molecular weight excluding hydrogens is 210 g/mol. The third-order valence-electron chi connectivity index (χ3n) is 1.99. The van der Waals surface area contributed by atoms with Crippen molar-refractivity contribution in [3.8, 4) is 11.8 Å². The minimum atomic E-state index is -0.589. The summed E-state index contributed by atoms with van der Waals surface area (Å²) in [5.74, 6) is -0.897. The summed E-state index contributed by atoms with van der Waals surface area (Å²) >= 11 is 0. The Kier molecular flexibility index (Phi) is 3.86. The van der Waals surface area contributed by atoms with Crippen molar-refractivity contribution >= 4 is 5.97 Å². The number of hydrogen-bond donors (Lipinski definition) is 2. The molecule has 1 aromatic rings. The Labute approximate surface area is 92.5 Å². The number of carbonyl (C=O) groups excluding carboxylic acids is 1. The first-order valence-corrected chi connectivity index (χ1v) is 4.68. The molecule has 5 nitrogen and oxygen atoms in total. The van der Waals surface area contributed by atoms with Gasteiger partial charge in [-0.15, -0.1) is 0 Å². The van der Waals surface area contributed by atoms with Gasteiger partial charge in [0.05, 0.1) is 24.3 Å². The van der Waals surface area contributed by atoms with Crippen molar-refractivity contribution < 1.29 is 19.7 Å². The maximum atomic E-state index is 11.4. The highest BCUT2D eigenvalue weighted by molar-refractivity contribution is 5.90. The van der Waals surface area contributed by atoms with Crippen molar-refractivity contribution in [3.63, 3.8) is 0 Å². The molecule has 0 aliphatic heterocycles. The molecule has 0 amide bonds. The van der Waals surface area contributed by atoms with Crippen molar-refractivity contribution in [3.05, 3.63) is 28.8 Å². The van der Waals surface area contributed by atoms with Crippen LogP contribution in [0.25, 0.3) is 0 Å². The molecule has 2 N–H and O–H groups in total. The van der Waals surface area contributed by atoms with E-state index in [0.29, 0.717) is 0 Å². The first-order valence-electron chi connectivity index (χ1n) is 4.68. The number of esters is 1. The van der Waals surface area contributed by atoms with Crippen LogP contribution < -0.4 is 0 Å².